The minimum atomic E-state index is 0.0918. The van der Waals surface area contributed by atoms with Crippen LogP contribution in [0.2, 0.25) is 5.02 Å². The predicted molar refractivity (Wildman–Crippen MR) is 66.3 cm³/mol. The van der Waals surface area contributed by atoms with Gasteiger partial charge in [-0.3, -0.25) is 4.79 Å². The summed E-state index contributed by atoms with van der Waals surface area (Å²) in [5, 5.41) is 9.79. The summed E-state index contributed by atoms with van der Waals surface area (Å²) in [5.74, 6) is 0.244. The number of aromatic nitrogens is 1. The number of carbonyl (C=O) groups excluding carboxylic acids is 1. The highest BCUT2D eigenvalue weighted by Gasteiger charge is 2.07. The van der Waals surface area contributed by atoms with E-state index in [1.54, 1.807) is 18.2 Å². The van der Waals surface area contributed by atoms with Crippen molar-refractivity contribution < 1.29 is 9.90 Å². The molecule has 1 heterocycles. The molecule has 0 spiro atoms. The van der Waals surface area contributed by atoms with Gasteiger partial charge in [-0.1, -0.05) is 23.7 Å². The molecular formula is C13H12ClNO2. The van der Waals surface area contributed by atoms with E-state index in [9.17, 15) is 4.79 Å². The number of rotatable bonds is 4. The van der Waals surface area contributed by atoms with E-state index in [1.165, 1.54) is 6.20 Å². The molecule has 0 aliphatic rings. The summed E-state index contributed by atoms with van der Waals surface area (Å²) in [6.45, 7) is 0. The molecule has 2 aromatic rings. The van der Waals surface area contributed by atoms with Gasteiger partial charge in [-0.05, 0) is 17.7 Å². The van der Waals surface area contributed by atoms with Crippen molar-refractivity contribution in [2.75, 3.05) is 0 Å². The Morgan fingerprint density at radius 2 is 1.94 bits per heavy atom. The number of aromatic hydroxyl groups is 1. The summed E-state index contributed by atoms with van der Waals surface area (Å²) < 4.78 is 0. The Balaban J connectivity index is 1.95. The Labute approximate surface area is 104 Å². The third-order valence-electron chi connectivity index (χ3n) is 2.43. The minimum Gasteiger partial charge on any atom is -0.506 e. The molecule has 1 aromatic heterocycles. The van der Waals surface area contributed by atoms with Crippen LogP contribution in [-0.2, 0) is 17.6 Å². The third kappa shape index (κ3) is 3.36. The molecule has 0 saturated heterocycles. The molecule has 0 radical (unpaired) electrons. The van der Waals surface area contributed by atoms with Gasteiger partial charge in [-0.2, -0.15) is 0 Å². The van der Waals surface area contributed by atoms with Crippen LogP contribution in [0.5, 0.6) is 5.75 Å². The van der Waals surface area contributed by atoms with Crippen LogP contribution in [0.25, 0.3) is 0 Å². The van der Waals surface area contributed by atoms with Crippen molar-refractivity contribution >= 4 is 17.4 Å². The highest BCUT2D eigenvalue weighted by Crippen LogP contribution is 2.13. The molecule has 2 N–H and O–H groups in total. The lowest BCUT2D eigenvalue weighted by Crippen LogP contribution is -2.06. The molecule has 88 valence electrons. The second-order valence-electron chi connectivity index (χ2n) is 3.90. The average molecular weight is 250 g/mol. The molecule has 0 fully saturated rings. The van der Waals surface area contributed by atoms with Gasteiger partial charge in [0, 0.05) is 35.8 Å². The first kappa shape index (κ1) is 11.7. The average Bonchev–Trinajstić information content (AvgIpc) is 2.67. The van der Waals surface area contributed by atoms with Crippen LogP contribution in [0, 0.1) is 0 Å². The van der Waals surface area contributed by atoms with Crippen molar-refractivity contribution in [3.05, 3.63) is 52.8 Å². The van der Waals surface area contributed by atoms with E-state index in [4.69, 9.17) is 16.7 Å². The van der Waals surface area contributed by atoms with Crippen molar-refractivity contribution in [1.29, 1.82) is 0 Å². The van der Waals surface area contributed by atoms with Gasteiger partial charge in [0.15, 0.2) is 0 Å². The zero-order valence-electron chi connectivity index (χ0n) is 9.11. The smallest absolute Gasteiger partial charge is 0.143 e. The van der Waals surface area contributed by atoms with Crippen LogP contribution < -0.4 is 0 Å². The van der Waals surface area contributed by atoms with E-state index >= 15 is 0 Å². The van der Waals surface area contributed by atoms with Gasteiger partial charge in [0.1, 0.15) is 11.5 Å². The number of Topliss-reactive ketones (excluding diaryl/α,β-unsaturated/α-hetero) is 1. The number of hydrogen-bond donors (Lipinski definition) is 2. The molecule has 0 aliphatic heterocycles. The molecule has 0 amide bonds. The monoisotopic (exact) mass is 249 g/mol. The van der Waals surface area contributed by atoms with E-state index in [0.29, 0.717) is 17.9 Å². The van der Waals surface area contributed by atoms with E-state index in [-0.39, 0.29) is 11.5 Å². The fourth-order valence-corrected chi connectivity index (χ4v) is 1.76. The van der Waals surface area contributed by atoms with Gasteiger partial charge in [0.2, 0.25) is 0 Å². The van der Waals surface area contributed by atoms with Crippen molar-refractivity contribution in [2.45, 2.75) is 12.8 Å². The lowest BCUT2D eigenvalue weighted by atomic mass is 10.1. The summed E-state index contributed by atoms with van der Waals surface area (Å²) in [6, 6.07) is 8.77. The zero-order chi connectivity index (χ0) is 12.3. The Morgan fingerprint density at radius 3 is 2.53 bits per heavy atom. The van der Waals surface area contributed by atoms with E-state index in [2.05, 4.69) is 4.98 Å². The van der Waals surface area contributed by atoms with Gasteiger partial charge in [0.05, 0.1) is 0 Å². The lowest BCUT2D eigenvalue weighted by Gasteiger charge is -2.00. The maximum Gasteiger partial charge on any atom is 0.143 e. The zero-order valence-corrected chi connectivity index (χ0v) is 9.87. The minimum absolute atomic E-state index is 0.0918. The van der Waals surface area contributed by atoms with Gasteiger partial charge in [-0.25, -0.2) is 0 Å². The molecule has 0 aliphatic carbocycles. The number of hydrogen-bond acceptors (Lipinski definition) is 2. The second kappa shape index (κ2) is 5.06. The first-order valence-electron chi connectivity index (χ1n) is 5.26. The fraction of sp³-hybridized carbons (Fsp3) is 0.154. The van der Waals surface area contributed by atoms with Gasteiger partial charge >= 0.3 is 0 Å². The summed E-state index contributed by atoms with van der Waals surface area (Å²) >= 11 is 5.76. The number of benzene rings is 1. The number of carbonyl (C=O) groups is 1. The van der Waals surface area contributed by atoms with Crippen LogP contribution in [0.4, 0.5) is 0 Å². The Bertz CT molecular complexity index is 516. The van der Waals surface area contributed by atoms with Gasteiger partial charge in [-0.15, -0.1) is 0 Å². The number of ketones is 1. The maximum absolute atomic E-state index is 11.7. The van der Waals surface area contributed by atoms with Crippen molar-refractivity contribution in [1.82, 2.24) is 4.98 Å². The SMILES string of the molecule is O=C(Cc1ccc(Cl)cc1)Cc1cc(O)c[nH]1. The van der Waals surface area contributed by atoms with Crippen LogP contribution in [0.15, 0.2) is 36.5 Å². The van der Waals surface area contributed by atoms with E-state index < -0.39 is 0 Å². The van der Waals surface area contributed by atoms with Crippen LogP contribution in [-0.4, -0.2) is 15.9 Å². The highest BCUT2D eigenvalue weighted by molar-refractivity contribution is 6.30. The van der Waals surface area contributed by atoms with Crippen molar-refractivity contribution in [3.63, 3.8) is 0 Å². The molecule has 3 nitrogen and oxygen atoms in total. The van der Waals surface area contributed by atoms with Crippen LogP contribution >= 0.6 is 11.6 Å². The summed E-state index contributed by atoms with van der Waals surface area (Å²) in [7, 11) is 0. The molecule has 17 heavy (non-hydrogen) atoms. The molecule has 0 unspecified atom stereocenters. The predicted octanol–water partition coefficient (Wildman–Crippen LogP) is 2.73. The standard InChI is InChI=1S/C13H12ClNO2/c14-10-3-1-9(2-4-10)5-12(16)6-11-7-13(17)8-15-11/h1-4,7-8,15,17H,5-6H2. The Morgan fingerprint density at radius 1 is 1.24 bits per heavy atom. The largest absolute Gasteiger partial charge is 0.506 e. The molecule has 4 heteroatoms. The van der Waals surface area contributed by atoms with Crippen molar-refractivity contribution in [2.24, 2.45) is 0 Å². The molecule has 1 aromatic carbocycles. The van der Waals surface area contributed by atoms with Crippen LogP contribution in [0.3, 0.4) is 0 Å². The van der Waals surface area contributed by atoms with Crippen LogP contribution in [0.1, 0.15) is 11.3 Å². The molecule has 2 rings (SSSR count). The summed E-state index contributed by atoms with van der Waals surface area (Å²) in [5.41, 5.74) is 1.66. The van der Waals surface area contributed by atoms with Gasteiger partial charge < -0.3 is 10.1 Å². The highest BCUT2D eigenvalue weighted by atomic mass is 35.5. The Hall–Kier alpha value is -1.74. The topological polar surface area (TPSA) is 53.1 Å². The first-order valence-corrected chi connectivity index (χ1v) is 5.63. The number of aromatic amines is 1. The summed E-state index contributed by atoms with van der Waals surface area (Å²) in [4.78, 5) is 14.6. The van der Waals surface area contributed by atoms with E-state index in [1.807, 2.05) is 12.1 Å². The van der Waals surface area contributed by atoms with E-state index in [0.717, 1.165) is 11.3 Å². The lowest BCUT2D eigenvalue weighted by molar-refractivity contribution is -0.117. The first-order chi connectivity index (χ1) is 8.13. The third-order valence-corrected chi connectivity index (χ3v) is 2.68. The summed E-state index contributed by atoms with van der Waals surface area (Å²) in [6.07, 6.45) is 2.13. The normalized spacial score (nSPS) is 10.4. The number of H-pyrrole nitrogens is 1. The molecule has 0 saturated carbocycles. The molecule has 0 atom stereocenters. The second-order valence-corrected chi connectivity index (χ2v) is 4.34. The number of halogens is 1. The van der Waals surface area contributed by atoms with Crippen molar-refractivity contribution in [3.8, 4) is 5.75 Å². The van der Waals surface area contributed by atoms with Gasteiger partial charge in [0.25, 0.3) is 0 Å². The quantitative estimate of drug-likeness (QED) is 0.875. The fourth-order valence-electron chi connectivity index (χ4n) is 1.64. The Kier molecular flexibility index (Phi) is 3.49. The molecular weight excluding hydrogens is 238 g/mol. The molecule has 0 bridgehead atoms. The maximum atomic E-state index is 11.7. The number of nitrogens with one attached hydrogen (secondary N) is 1.